The Kier molecular flexibility index (Phi) is 10.6. The number of anilines is 1. The van der Waals surface area contributed by atoms with Crippen molar-refractivity contribution in [3.63, 3.8) is 0 Å². The first-order chi connectivity index (χ1) is 18.9. The SMILES string of the molecule is CCNC(=O)[C@@H](CC)N(Cc1ccc(Cl)c(Cl)c1)C(=O)CN(c1ccc(C)cc1C)S(=O)(=O)c1ccc(C)cc1. The van der Waals surface area contributed by atoms with Crippen molar-refractivity contribution in [1.82, 2.24) is 10.2 Å². The minimum Gasteiger partial charge on any atom is -0.355 e. The largest absolute Gasteiger partial charge is 0.355 e. The Morgan fingerprint density at radius 1 is 0.875 bits per heavy atom. The summed E-state index contributed by atoms with van der Waals surface area (Å²) >= 11 is 12.3. The Balaban J connectivity index is 2.10. The van der Waals surface area contributed by atoms with Crippen molar-refractivity contribution in [1.29, 1.82) is 0 Å². The number of aryl methyl sites for hydroxylation is 3. The summed E-state index contributed by atoms with van der Waals surface area (Å²) in [6.45, 7) is 9.12. The van der Waals surface area contributed by atoms with Gasteiger partial charge in [-0.25, -0.2) is 8.42 Å². The quantitative estimate of drug-likeness (QED) is 0.289. The van der Waals surface area contributed by atoms with E-state index < -0.39 is 28.5 Å². The molecule has 3 aromatic carbocycles. The van der Waals surface area contributed by atoms with Crippen LogP contribution in [-0.2, 0) is 26.2 Å². The third kappa shape index (κ3) is 7.36. The molecule has 214 valence electrons. The van der Waals surface area contributed by atoms with Crippen LogP contribution in [0.1, 0.15) is 42.5 Å². The van der Waals surface area contributed by atoms with Crippen LogP contribution in [0.5, 0.6) is 0 Å². The normalized spacial score (nSPS) is 12.1. The molecule has 3 aromatic rings. The Morgan fingerprint density at radius 2 is 1.52 bits per heavy atom. The summed E-state index contributed by atoms with van der Waals surface area (Å²) in [6.07, 6.45) is 0.327. The molecule has 3 rings (SSSR count). The van der Waals surface area contributed by atoms with Crippen molar-refractivity contribution in [2.24, 2.45) is 0 Å². The van der Waals surface area contributed by atoms with Crippen LogP contribution >= 0.6 is 23.2 Å². The standard InChI is InChI=1S/C30H35Cl2N3O4S/c1-6-27(30(37)33-7-2)34(18-23-11-14-25(31)26(32)17-23)29(36)19-35(28-15-10-21(4)16-22(28)5)40(38,39)24-12-8-20(3)9-13-24/h8-17,27H,6-7,18-19H2,1-5H3,(H,33,37)/t27-/m1/s1. The van der Waals surface area contributed by atoms with E-state index in [2.05, 4.69) is 5.32 Å². The number of halogens is 2. The molecular formula is C30H35Cl2N3O4S. The van der Waals surface area contributed by atoms with Gasteiger partial charge in [0.25, 0.3) is 10.0 Å². The average Bonchev–Trinajstić information content (AvgIpc) is 2.90. The van der Waals surface area contributed by atoms with Gasteiger partial charge in [-0.1, -0.05) is 71.6 Å². The molecule has 0 bridgehead atoms. The first kappa shape index (κ1) is 31.5. The van der Waals surface area contributed by atoms with Gasteiger partial charge in [0.1, 0.15) is 12.6 Å². The highest BCUT2D eigenvalue weighted by atomic mass is 35.5. The Morgan fingerprint density at radius 3 is 2.10 bits per heavy atom. The zero-order valence-corrected chi connectivity index (χ0v) is 25.7. The Labute approximate surface area is 247 Å². The van der Waals surface area contributed by atoms with Gasteiger partial charge in [0.05, 0.1) is 20.6 Å². The van der Waals surface area contributed by atoms with Crippen LogP contribution in [0, 0.1) is 20.8 Å². The number of sulfonamides is 1. The van der Waals surface area contributed by atoms with Crippen LogP contribution in [-0.4, -0.2) is 44.3 Å². The van der Waals surface area contributed by atoms with Gasteiger partial charge in [-0.3, -0.25) is 13.9 Å². The van der Waals surface area contributed by atoms with Crippen LogP contribution in [0.2, 0.25) is 10.0 Å². The van der Waals surface area contributed by atoms with Crippen molar-refractivity contribution in [3.05, 3.63) is 93.0 Å². The predicted octanol–water partition coefficient (Wildman–Crippen LogP) is 6.06. The fraction of sp³-hybridized carbons (Fsp3) is 0.333. The van der Waals surface area contributed by atoms with E-state index in [4.69, 9.17) is 23.2 Å². The summed E-state index contributed by atoms with van der Waals surface area (Å²) < 4.78 is 29.1. The van der Waals surface area contributed by atoms with Crippen LogP contribution in [0.15, 0.2) is 65.6 Å². The van der Waals surface area contributed by atoms with Gasteiger partial charge < -0.3 is 10.2 Å². The molecule has 0 aliphatic carbocycles. The van der Waals surface area contributed by atoms with Crippen molar-refractivity contribution >= 4 is 50.7 Å². The fourth-order valence-electron chi connectivity index (χ4n) is 4.48. The summed E-state index contributed by atoms with van der Waals surface area (Å²) in [5.41, 5.74) is 3.62. The summed E-state index contributed by atoms with van der Waals surface area (Å²) in [5.74, 6) is -0.849. The molecule has 1 N–H and O–H groups in total. The van der Waals surface area contributed by atoms with Crippen molar-refractivity contribution in [3.8, 4) is 0 Å². The molecule has 0 aromatic heterocycles. The number of nitrogens with one attached hydrogen (secondary N) is 1. The number of hydrogen-bond acceptors (Lipinski definition) is 4. The highest BCUT2D eigenvalue weighted by molar-refractivity contribution is 7.92. The monoisotopic (exact) mass is 603 g/mol. The molecule has 0 fully saturated rings. The lowest BCUT2D eigenvalue weighted by Crippen LogP contribution is -2.52. The lowest BCUT2D eigenvalue weighted by Gasteiger charge is -2.33. The first-order valence-corrected chi connectivity index (χ1v) is 15.3. The highest BCUT2D eigenvalue weighted by Crippen LogP contribution is 2.29. The molecule has 10 heteroatoms. The summed E-state index contributed by atoms with van der Waals surface area (Å²) in [4.78, 5) is 28.6. The van der Waals surface area contributed by atoms with Gasteiger partial charge in [-0.15, -0.1) is 0 Å². The summed E-state index contributed by atoms with van der Waals surface area (Å²) in [5, 5.41) is 3.47. The third-order valence-electron chi connectivity index (χ3n) is 6.58. The molecule has 0 aliphatic heterocycles. The van der Waals surface area contributed by atoms with Crippen LogP contribution in [0.4, 0.5) is 5.69 Å². The number of carbonyl (C=O) groups is 2. The molecule has 0 saturated heterocycles. The van der Waals surface area contributed by atoms with E-state index in [1.807, 2.05) is 32.9 Å². The summed E-state index contributed by atoms with van der Waals surface area (Å²) in [6, 6.07) is 16.0. The molecule has 0 spiro atoms. The lowest BCUT2D eigenvalue weighted by molar-refractivity contribution is -0.140. The number of nitrogens with zero attached hydrogens (tertiary/aromatic N) is 2. The average molecular weight is 605 g/mol. The molecule has 7 nitrogen and oxygen atoms in total. The molecule has 0 heterocycles. The number of carbonyl (C=O) groups excluding carboxylic acids is 2. The maximum Gasteiger partial charge on any atom is 0.264 e. The lowest BCUT2D eigenvalue weighted by atomic mass is 10.1. The number of likely N-dealkylation sites (N-methyl/N-ethyl adjacent to an activating group) is 1. The zero-order chi connectivity index (χ0) is 29.6. The fourth-order valence-corrected chi connectivity index (χ4v) is 6.28. The van der Waals surface area contributed by atoms with E-state index in [-0.39, 0.29) is 17.3 Å². The highest BCUT2D eigenvalue weighted by Gasteiger charge is 2.34. The second kappa shape index (κ2) is 13.5. The number of benzene rings is 3. The number of hydrogen-bond donors (Lipinski definition) is 1. The minimum atomic E-state index is -4.14. The maximum absolute atomic E-state index is 14.1. The predicted molar refractivity (Wildman–Crippen MR) is 161 cm³/mol. The Hall–Kier alpha value is -3.07. The number of amides is 2. The second-order valence-electron chi connectivity index (χ2n) is 9.70. The van der Waals surface area contributed by atoms with E-state index in [0.717, 1.165) is 15.4 Å². The molecule has 40 heavy (non-hydrogen) atoms. The maximum atomic E-state index is 14.1. The van der Waals surface area contributed by atoms with E-state index in [1.54, 1.807) is 50.2 Å². The molecular weight excluding hydrogens is 569 g/mol. The molecule has 0 radical (unpaired) electrons. The summed E-state index contributed by atoms with van der Waals surface area (Å²) in [7, 11) is -4.14. The molecule has 2 amide bonds. The molecule has 0 aliphatic rings. The van der Waals surface area contributed by atoms with Gasteiger partial charge in [0.2, 0.25) is 11.8 Å². The van der Waals surface area contributed by atoms with E-state index >= 15 is 0 Å². The van der Waals surface area contributed by atoms with Gasteiger partial charge in [-0.2, -0.15) is 0 Å². The van der Waals surface area contributed by atoms with Crippen LogP contribution in [0.3, 0.4) is 0 Å². The third-order valence-corrected chi connectivity index (χ3v) is 9.10. The minimum absolute atomic E-state index is 0.0384. The molecule has 1 atom stereocenters. The van der Waals surface area contributed by atoms with Gasteiger partial charge in [0.15, 0.2) is 0 Å². The zero-order valence-electron chi connectivity index (χ0n) is 23.4. The van der Waals surface area contributed by atoms with Crippen molar-refractivity contribution in [2.45, 2.75) is 58.5 Å². The van der Waals surface area contributed by atoms with E-state index in [0.29, 0.717) is 39.8 Å². The molecule has 0 unspecified atom stereocenters. The second-order valence-corrected chi connectivity index (χ2v) is 12.4. The smallest absolute Gasteiger partial charge is 0.264 e. The van der Waals surface area contributed by atoms with Gasteiger partial charge in [-0.05, 0) is 75.6 Å². The van der Waals surface area contributed by atoms with E-state index in [9.17, 15) is 18.0 Å². The van der Waals surface area contributed by atoms with Crippen molar-refractivity contribution in [2.75, 3.05) is 17.4 Å². The van der Waals surface area contributed by atoms with Gasteiger partial charge in [0, 0.05) is 13.1 Å². The van der Waals surface area contributed by atoms with Crippen LogP contribution < -0.4 is 9.62 Å². The topological polar surface area (TPSA) is 86.8 Å². The molecule has 0 saturated carbocycles. The van der Waals surface area contributed by atoms with Gasteiger partial charge >= 0.3 is 0 Å². The Bertz CT molecular complexity index is 1480. The van der Waals surface area contributed by atoms with E-state index in [1.165, 1.54) is 17.0 Å². The van der Waals surface area contributed by atoms with Crippen molar-refractivity contribution < 1.29 is 18.0 Å². The number of rotatable bonds is 11. The van der Waals surface area contributed by atoms with Crippen LogP contribution in [0.25, 0.3) is 0 Å². The first-order valence-electron chi connectivity index (χ1n) is 13.1.